The first-order chi connectivity index (χ1) is 7.63. The average molecular weight is 287 g/mol. The van der Waals surface area contributed by atoms with Gasteiger partial charge >= 0.3 is 0 Å². The van der Waals surface area contributed by atoms with Crippen LogP contribution < -0.4 is 10.6 Å². The summed E-state index contributed by atoms with van der Waals surface area (Å²) in [5.41, 5.74) is 5.58. The number of rotatable bonds is 2. The van der Waals surface area contributed by atoms with E-state index in [-0.39, 0.29) is 18.6 Å². The third-order valence-electron chi connectivity index (χ3n) is 3.09. The van der Waals surface area contributed by atoms with Crippen LogP contribution in [0.25, 0.3) is 0 Å². The predicted molar refractivity (Wildman–Crippen MR) is 66.1 cm³/mol. The molecule has 6 heteroatoms. The Labute approximate surface area is 103 Å². The van der Waals surface area contributed by atoms with Crippen LogP contribution in [0.2, 0.25) is 0 Å². The molecule has 16 heavy (non-hydrogen) atoms. The lowest BCUT2D eigenvalue weighted by Gasteiger charge is -2.26. The molecule has 1 aromatic rings. The third kappa shape index (κ3) is 1.99. The molecule has 5 nitrogen and oxygen atoms in total. The molecule has 0 saturated carbocycles. The number of aromatic nitrogens is 2. The maximum absolute atomic E-state index is 9.40. The van der Waals surface area contributed by atoms with Gasteiger partial charge in [-0.25, -0.2) is 4.98 Å². The van der Waals surface area contributed by atoms with Gasteiger partial charge in [-0.2, -0.15) is 4.98 Å². The lowest BCUT2D eigenvalue weighted by molar-refractivity contribution is 0.244. The fourth-order valence-electron chi connectivity index (χ4n) is 2.12. The second-order valence-corrected chi connectivity index (χ2v) is 4.96. The largest absolute Gasteiger partial charge is 0.394 e. The van der Waals surface area contributed by atoms with Gasteiger partial charge in [0.2, 0.25) is 5.95 Å². The van der Waals surface area contributed by atoms with Gasteiger partial charge in [-0.05, 0) is 28.3 Å². The molecule has 0 amide bonds. The number of hydrogen-bond acceptors (Lipinski definition) is 5. The summed E-state index contributed by atoms with van der Waals surface area (Å²) < 4.78 is 0.814. The predicted octanol–water partition coefficient (Wildman–Crippen LogP) is 1.03. The number of halogens is 1. The molecule has 1 aromatic heterocycles. The first-order valence-electron chi connectivity index (χ1n) is 5.29. The van der Waals surface area contributed by atoms with E-state index < -0.39 is 0 Å². The molecule has 3 N–H and O–H groups in total. The molecule has 0 aromatic carbocycles. The van der Waals surface area contributed by atoms with Crippen molar-refractivity contribution < 1.29 is 5.11 Å². The first kappa shape index (κ1) is 11.6. The molecule has 1 aliphatic rings. The van der Waals surface area contributed by atoms with E-state index in [2.05, 4.69) is 37.7 Å². The molecular weight excluding hydrogens is 272 g/mol. The Morgan fingerprint density at radius 2 is 2.44 bits per heavy atom. The molecule has 2 rings (SSSR count). The van der Waals surface area contributed by atoms with Crippen molar-refractivity contribution in [2.24, 2.45) is 5.92 Å². The maximum atomic E-state index is 9.40. The van der Waals surface area contributed by atoms with Gasteiger partial charge in [0.05, 0.1) is 17.1 Å². The zero-order chi connectivity index (χ0) is 11.7. The second kappa shape index (κ2) is 4.55. The van der Waals surface area contributed by atoms with E-state index in [0.717, 1.165) is 23.3 Å². The van der Waals surface area contributed by atoms with E-state index in [4.69, 9.17) is 5.73 Å². The zero-order valence-electron chi connectivity index (χ0n) is 9.10. The molecule has 0 radical (unpaired) electrons. The molecule has 2 unspecified atom stereocenters. The van der Waals surface area contributed by atoms with Crippen molar-refractivity contribution in [1.29, 1.82) is 0 Å². The summed E-state index contributed by atoms with van der Waals surface area (Å²) in [5, 5.41) is 9.40. The highest BCUT2D eigenvalue weighted by molar-refractivity contribution is 9.10. The van der Waals surface area contributed by atoms with Crippen LogP contribution in [0.4, 0.5) is 11.8 Å². The van der Waals surface area contributed by atoms with E-state index in [1.807, 2.05) is 0 Å². The smallest absolute Gasteiger partial charge is 0.222 e. The molecule has 2 heterocycles. The van der Waals surface area contributed by atoms with Gasteiger partial charge < -0.3 is 15.7 Å². The SMILES string of the molecule is CC1CCN(c2nc(N)ncc2Br)C1CO. The van der Waals surface area contributed by atoms with Crippen molar-refractivity contribution in [3.8, 4) is 0 Å². The van der Waals surface area contributed by atoms with E-state index in [1.54, 1.807) is 6.20 Å². The molecule has 88 valence electrons. The summed E-state index contributed by atoms with van der Waals surface area (Å²) in [7, 11) is 0. The van der Waals surface area contributed by atoms with Gasteiger partial charge in [0.15, 0.2) is 0 Å². The molecule has 0 bridgehead atoms. The number of anilines is 2. The Bertz CT molecular complexity index is 387. The Hall–Kier alpha value is -0.880. The van der Waals surface area contributed by atoms with Gasteiger partial charge in [0, 0.05) is 12.7 Å². The standard InChI is InChI=1S/C10H15BrN4O/c1-6-2-3-15(8(6)5-16)9-7(11)4-13-10(12)14-9/h4,6,8,16H,2-3,5H2,1H3,(H2,12,13,14). The monoisotopic (exact) mass is 286 g/mol. The van der Waals surface area contributed by atoms with Gasteiger partial charge in [-0.3, -0.25) is 0 Å². The first-order valence-corrected chi connectivity index (χ1v) is 6.08. The van der Waals surface area contributed by atoms with Crippen LogP contribution in [-0.2, 0) is 0 Å². The van der Waals surface area contributed by atoms with Crippen LogP contribution >= 0.6 is 15.9 Å². The van der Waals surface area contributed by atoms with E-state index in [0.29, 0.717) is 5.92 Å². The molecule has 2 atom stereocenters. The number of aliphatic hydroxyl groups excluding tert-OH is 1. The minimum Gasteiger partial charge on any atom is -0.394 e. The van der Waals surface area contributed by atoms with Crippen LogP contribution in [0.5, 0.6) is 0 Å². The highest BCUT2D eigenvalue weighted by Gasteiger charge is 2.32. The van der Waals surface area contributed by atoms with Gasteiger partial charge in [0.1, 0.15) is 5.82 Å². The van der Waals surface area contributed by atoms with Crippen LogP contribution in [0.15, 0.2) is 10.7 Å². The summed E-state index contributed by atoms with van der Waals surface area (Å²) in [6.45, 7) is 3.16. The van der Waals surface area contributed by atoms with E-state index in [1.165, 1.54) is 0 Å². The van der Waals surface area contributed by atoms with Gasteiger partial charge in [-0.1, -0.05) is 6.92 Å². The number of nitrogens with two attached hydrogens (primary N) is 1. The van der Waals surface area contributed by atoms with Crippen molar-refractivity contribution in [3.63, 3.8) is 0 Å². The molecule has 1 saturated heterocycles. The summed E-state index contributed by atoms with van der Waals surface area (Å²) >= 11 is 3.41. The second-order valence-electron chi connectivity index (χ2n) is 4.11. The zero-order valence-corrected chi connectivity index (χ0v) is 10.7. The lowest BCUT2D eigenvalue weighted by atomic mass is 10.0. The van der Waals surface area contributed by atoms with Crippen molar-refractivity contribution >= 4 is 27.7 Å². The fourth-order valence-corrected chi connectivity index (χ4v) is 2.54. The summed E-state index contributed by atoms with van der Waals surface area (Å²) in [4.78, 5) is 10.2. The fraction of sp³-hybridized carbons (Fsp3) is 0.600. The number of nitrogen functional groups attached to an aromatic ring is 1. The summed E-state index contributed by atoms with van der Waals surface area (Å²) in [6.07, 6.45) is 2.71. The van der Waals surface area contributed by atoms with Gasteiger partial charge in [0.25, 0.3) is 0 Å². The molecule has 1 fully saturated rings. The number of aliphatic hydroxyl groups is 1. The minimum atomic E-state index is 0.116. The maximum Gasteiger partial charge on any atom is 0.222 e. The molecule has 0 spiro atoms. The van der Waals surface area contributed by atoms with Crippen LogP contribution in [0.3, 0.4) is 0 Å². The number of hydrogen-bond donors (Lipinski definition) is 2. The van der Waals surface area contributed by atoms with Crippen molar-refractivity contribution in [1.82, 2.24) is 9.97 Å². The van der Waals surface area contributed by atoms with Crippen molar-refractivity contribution in [3.05, 3.63) is 10.7 Å². The van der Waals surface area contributed by atoms with Crippen LogP contribution in [0.1, 0.15) is 13.3 Å². The summed E-state index contributed by atoms with van der Waals surface area (Å²) in [6, 6.07) is 0.116. The van der Waals surface area contributed by atoms with Gasteiger partial charge in [-0.15, -0.1) is 0 Å². The Morgan fingerprint density at radius 3 is 3.12 bits per heavy atom. The molecule has 0 aliphatic carbocycles. The van der Waals surface area contributed by atoms with E-state index in [9.17, 15) is 5.11 Å². The normalized spacial score (nSPS) is 25.1. The number of nitrogens with zero attached hydrogens (tertiary/aromatic N) is 3. The minimum absolute atomic E-state index is 0.116. The van der Waals surface area contributed by atoms with E-state index >= 15 is 0 Å². The van der Waals surface area contributed by atoms with Crippen LogP contribution in [-0.4, -0.2) is 34.3 Å². The molecular formula is C10H15BrN4O. The Morgan fingerprint density at radius 1 is 1.69 bits per heavy atom. The topological polar surface area (TPSA) is 75.3 Å². The Balaban J connectivity index is 2.33. The summed E-state index contributed by atoms with van der Waals surface area (Å²) in [5.74, 6) is 1.50. The highest BCUT2D eigenvalue weighted by Crippen LogP contribution is 2.32. The average Bonchev–Trinajstić information content (AvgIpc) is 2.63. The lowest BCUT2D eigenvalue weighted by Crippen LogP contribution is -2.36. The highest BCUT2D eigenvalue weighted by atomic mass is 79.9. The van der Waals surface area contributed by atoms with Crippen molar-refractivity contribution in [2.45, 2.75) is 19.4 Å². The third-order valence-corrected chi connectivity index (χ3v) is 3.65. The van der Waals surface area contributed by atoms with Crippen LogP contribution in [0, 0.1) is 5.92 Å². The van der Waals surface area contributed by atoms with Crippen molar-refractivity contribution in [2.75, 3.05) is 23.8 Å². The Kier molecular flexibility index (Phi) is 3.30. The molecule has 1 aliphatic heterocycles. The quantitative estimate of drug-likeness (QED) is 0.849.